The van der Waals surface area contributed by atoms with Crippen molar-refractivity contribution in [3.05, 3.63) is 44.9 Å². The maximum Gasteiger partial charge on any atom is 0.131 e. The lowest BCUT2D eigenvalue weighted by atomic mass is 10.2. The number of rotatable bonds is 3. The van der Waals surface area contributed by atoms with Gasteiger partial charge in [0.15, 0.2) is 0 Å². The zero-order valence-electron chi connectivity index (χ0n) is 7.98. The quantitative estimate of drug-likeness (QED) is 0.894. The van der Waals surface area contributed by atoms with Crippen LogP contribution < -0.4 is 5.73 Å². The van der Waals surface area contributed by atoms with E-state index in [9.17, 15) is 0 Å². The third kappa shape index (κ3) is 2.75. The van der Waals surface area contributed by atoms with E-state index in [4.69, 9.17) is 17.3 Å². The second-order valence-corrected chi connectivity index (χ2v) is 4.68. The first-order chi connectivity index (χ1) is 7.28. The van der Waals surface area contributed by atoms with Crippen LogP contribution in [0, 0.1) is 0 Å². The SMILES string of the molecule is NCc1nnc(Cc2ccc(Cl)cc2)s1. The van der Waals surface area contributed by atoms with Crippen molar-refractivity contribution in [1.82, 2.24) is 10.2 Å². The van der Waals surface area contributed by atoms with Crippen molar-refractivity contribution in [2.24, 2.45) is 5.73 Å². The smallest absolute Gasteiger partial charge is 0.131 e. The van der Waals surface area contributed by atoms with Crippen molar-refractivity contribution >= 4 is 22.9 Å². The van der Waals surface area contributed by atoms with Gasteiger partial charge in [-0.25, -0.2) is 0 Å². The van der Waals surface area contributed by atoms with Gasteiger partial charge in [0.25, 0.3) is 0 Å². The molecule has 1 aromatic heterocycles. The molecule has 2 aromatic rings. The summed E-state index contributed by atoms with van der Waals surface area (Å²) in [6, 6.07) is 7.74. The normalized spacial score (nSPS) is 10.5. The van der Waals surface area contributed by atoms with Crippen molar-refractivity contribution in [1.29, 1.82) is 0 Å². The first-order valence-corrected chi connectivity index (χ1v) is 5.73. The van der Waals surface area contributed by atoms with Gasteiger partial charge in [-0.1, -0.05) is 35.1 Å². The monoisotopic (exact) mass is 239 g/mol. The van der Waals surface area contributed by atoms with Gasteiger partial charge in [0.2, 0.25) is 0 Å². The van der Waals surface area contributed by atoms with Crippen LogP contribution in [-0.2, 0) is 13.0 Å². The highest BCUT2D eigenvalue weighted by Crippen LogP contribution is 2.16. The Morgan fingerprint density at radius 2 is 1.80 bits per heavy atom. The van der Waals surface area contributed by atoms with Crippen molar-refractivity contribution in [3.63, 3.8) is 0 Å². The average molecular weight is 240 g/mol. The Labute approximate surface area is 96.9 Å². The lowest BCUT2D eigenvalue weighted by Crippen LogP contribution is -1.94. The molecule has 0 amide bonds. The third-order valence-corrected chi connectivity index (χ3v) is 3.15. The van der Waals surface area contributed by atoms with Gasteiger partial charge in [0.05, 0.1) is 0 Å². The summed E-state index contributed by atoms with van der Waals surface area (Å²) in [7, 11) is 0. The molecule has 0 atom stereocenters. The fourth-order valence-corrected chi connectivity index (χ4v) is 2.10. The molecule has 2 N–H and O–H groups in total. The Balaban J connectivity index is 2.11. The summed E-state index contributed by atoms with van der Waals surface area (Å²) in [6.07, 6.45) is 0.787. The highest BCUT2D eigenvalue weighted by molar-refractivity contribution is 7.11. The van der Waals surface area contributed by atoms with Gasteiger partial charge in [-0.05, 0) is 17.7 Å². The van der Waals surface area contributed by atoms with Gasteiger partial charge in [-0.15, -0.1) is 10.2 Å². The maximum atomic E-state index is 5.80. The summed E-state index contributed by atoms with van der Waals surface area (Å²) in [5.74, 6) is 0. The number of hydrogen-bond donors (Lipinski definition) is 1. The van der Waals surface area contributed by atoms with Crippen LogP contribution in [0.4, 0.5) is 0 Å². The van der Waals surface area contributed by atoms with Crippen molar-refractivity contribution in [3.8, 4) is 0 Å². The van der Waals surface area contributed by atoms with E-state index in [2.05, 4.69) is 10.2 Å². The molecule has 2 rings (SSSR count). The second-order valence-electron chi connectivity index (χ2n) is 3.10. The molecule has 0 spiro atoms. The summed E-state index contributed by atoms with van der Waals surface area (Å²) in [5, 5.41) is 10.6. The summed E-state index contributed by atoms with van der Waals surface area (Å²) < 4.78 is 0. The van der Waals surface area contributed by atoms with Crippen molar-refractivity contribution in [2.45, 2.75) is 13.0 Å². The standard InChI is InChI=1S/C10H10ClN3S/c11-8-3-1-7(2-4-8)5-9-13-14-10(6-12)15-9/h1-4H,5-6,12H2. The largest absolute Gasteiger partial charge is 0.324 e. The highest BCUT2D eigenvalue weighted by atomic mass is 35.5. The van der Waals surface area contributed by atoms with E-state index in [1.807, 2.05) is 24.3 Å². The van der Waals surface area contributed by atoms with Crippen LogP contribution in [0.2, 0.25) is 5.02 Å². The van der Waals surface area contributed by atoms with Crippen LogP contribution in [-0.4, -0.2) is 10.2 Å². The van der Waals surface area contributed by atoms with Gasteiger partial charge in [0.1, 0.15) is 10.0 Å². The van der Waals surface area contributed by atoms with Crippen LogP contribution in [0.3, 0.4) is 0 Å². The van der Waals surface area contributed by atoms with Crippen LogP contribution in [0.5, 0.6) is 0 Å². The Bertz CT molecular complexity index is 438. The molecule has 0 radical (unpaired) electrons. The molecular formula is C10H10ClN3S. The molecule has 0 aliphatic rings. The fraction of sp³-hybridized carbons (Fsp3) is 0.200. The molecule has 0 unspecified atom stereocenters. The van der Waals surface area contributed by atoms with Crippen LogP contribution in [0.1, 0.15) is 15.6 Å². The van der Waals surface area contributed by atoms with E-state index in [0.29, 0.717) is 6.54 Å². The highest BCUT2D eigenvalue weighted by Gasteiger charge is 2.03. The minimum absolute atomic E-state index is 0.457. The van der Waals surface area contributed by atoms with E-state index in [0.717, 1.165) is 21.5 Å². The Hall–Kier alpha value is -0.970. The molecule has 3 nitrogen and oxygen atoms in total. The topological polar surface area (TPSA) is 51.8 Å². The third-order valence-electron chi connectivity index (χ3n) is 1.95. The Morgan fingerprint density at radius 1 is 1.13 bits per heavy atom. The van der Waals surface area contributed by atoms with E-state index >= 15 is 0 Å². The molecule has 0 aliphatic carbocycles. The van der Waals surface area contributed by atoms with Gasteiger partial charge in [-0.3, -0.25) is 0 Å². The number of benzene rings is 1. The van der Waals surface area contributed by atoms with Crippen LogP contribution in [0.15, 0.2) is 24.3 Å². The summed E-state index contributed by atoms with van der Waals surface area (Å²) in [4.78, 5) is 0. The predicted molar refractivity (Wildman–Crippen MR) is 62.1 cm³/mol. The molecule has 0 fully saturated rings. The van der Waals surface area contributed by atoms with Gasteiger partial charge in [0, 0.05) is 18.0 Å². The minimum atomic E-state index is 0.457. The Kier molecular flexibility index (Phi) is 3.30. The molecular weight excluding hydrogens is 230 g/mol. The van der Waals surface area contributed by atoms with Crippen molar-refractivity contribution in [2.75, 3.05) is 0 Å². The molecule has 5 heteroatoms. The van der Waals surface area contributed by atoms with E-state index in [1.165, 1.54) is 5.56 Å². The summed E-state index contributed by atoms with van der Waals surface area (Å²) >= 11 is 7.35. The van der Waals surface area contributed by atoms with E-state index < -0.39 is 0 Å². The lowest BCUT2D eigenvalue weighted by molar-refractivity contribution is 0.930. The first kappa shape index (κ1) is 10.5. The molecule has 78 valence electrons. The molecule has 0 bridgehead atoms. The number of nitrogens with zero attached hydrogens (tertiary/aromatic N) is 2. The maximum absolute atomic E-state index is 5.80. The first-order valence-electron chi connectivity index (χ1n) is 4.53. The van der Waals surface area contributed by atoms with E-state index in [1.54, 1.807) is 11.3 Å². The second kappa shape index (κ2) is 4.70. The van der Waals surface area contributed by atoms with Gasteiger partial charge >= 0.3 is 0 Å². The summed E-state index contributed by atoms with van der Waals surface area (Å²) in [5.41, 5.74) is 6.65. The number of nitrogens with two attached hydrogens (primary N) is 1. The number of aromatic nitrogens is 2. The molecule has 1 heterocycles. The van der Waals surface area contributed by atoms with Crippen LogP contribution in [0.25, 0.3) is 0 Å². The Morgan fingerprint density at radius 3 is 2.40 bits per heavy atom. The number of hydrogen-bond acceptors (Lipinski definition) is 4. The van der Waals surface area contributed by atoms with Gasteiger partial charge < -0.3 is 5.73 Å². The average Bonchev–Trinajstić information content (AvgIpc) is 2.69. The molecule has 0 aliphatic heterocycles. The predicted octanol–water partition coefficient (Wildman–Crippen LogP) is 2.24. The molecule has 1 aromatic carbocycles. The fourth-order valence-electron chi connectivity index (χ4n) is 1.22. The van der Waals surface area contributed by atoms with Crippen LogP contribution >= 0.6 is 22.9 Å². The summed E-state index contributed by atoms with van der Waals surface area (Å²) in [6.45, 7) is 0.457. The molecule has 15 heavy (non-hydrogen) atoms. The van der Waals surface area contributed by atoms with Crippen molar-refractivity contribution < 1.29 is 0 Å². The lowest BCUT2D eigenvalue weighted by Gasteiger charge is -1.96. The zero-order chi connectivity index (χ0) is 10.7. The molecule has 0 saturated carbocycles. The molecule has 0 saturated heterocycles. The van der Waals surface area contributed by atoms with E-state index in [-0.39, 0.29) is 0 Å². The number of halogens is 1. The van der Waals surface area contributed by atoms with Gasteiger partial charge in [-0.2, -0.15) is 0 Å². The zero-order valence-corrected chi connectivity index (χ0v) is 9.55. The minimum Gasteiger partial charge on any atom is -0.324 e.